The maximum Gasteiger partial charge on any atom is 0.0415 e. The van der Waals surface area contributed by atoms with Crippen molar-refractivity contribution >= 4 is 27.1 Å². The van der Waals surface area contributed by atoms with E-state index in [1.165, 1.54) is 26.9 Å². The third kappa shape index (κ3) is 2.24. The molecular weight excluding hydrogens is 238 g/mol. The molecule has 0 fully saturated rings. The molecule has 0 unspecified atom stereocenters. The van der Waals surface area contributed by atoms with E-state index in [0.717, 1.165) is 6.54 Å². The first kappa shape index (κ1) is 11.3. The second kappa shape index (κ2) is 4.83. The highest BCUT2D eigenvalue weighted by atomic mass is 32.1. The summed E-state index contributed by atoms with van der Waals surface area (Å²) < 4.78 is 1.37. The van der Waals surface area contributed by atoms with Crippen LogP contribution in [0, 0.1) is 6.92 Å². The number of nitrogens with one attached hydrogen (secondary N) is 1. The van der Waals surface area contributed by atoms with Crippen LogP contribution in [0.5, 0.6) is 0 Å². The molecule has 18 heavy (non-hydrogen) atoms. The molecule has 0 saturated heterocycles. The minimum Gasteiger partial charge on any atom is -0.381 e. The van der Waals surface area contributed by atoms with Gasteiger partial charge in [-0.1, -0.05) is 35.9 Å². The Hall–Kier alpha value is -1.80. The second-order valence-corrected chi connectivity index (χ2v) is 5.39. The van der Waals surface area contributed by atoms with E-state index in [9.17, 15) is 0 Å². The zero-order chi connectivity index (χ0) is 12.4. The third-order valence-electron chi connectivity index (χ3n) is 3.07. The van der Waals surface area contributed by atoms with Crippen molar-refractivity contribution in [1.82, 2.24) is 0 Å². The number of benzene rings is 2. The van der Waals surface area contributed by atoms with Crippen molar-refractivity contribution < 1.29 is 0 Å². The Bertz CT molecular complexity index is 655. The molecule has 90 valence electrons. The quantitative estimate of drug-likeness (QED) is 0.705. The molecule has 3 rings (SSSR count). The first-order valence-corrected chi connectivity index (χ1v) is 6.96. The number of fused-ring (bicyclic) bond motifs is 1. The van der Waals surface area contributed by atoms with Crippen LogP contribution in [-0.2, 0) is 6.54 Å². The van der Waals surface area contributed by atoms with Crippen LogP contribution >= 0.6 is 11.3 Å². The molecule has 0 radical (unpaired) electrons. The van der Waals surface area contributed by atoms with Crippen molar-refractivity contribution in [2.75, 3.05) is 5.32 Å². The highest BCUT2D eigenvalue weighted by Crippen LogP contribution is 2.27. The summed E-state index contributed by atoms with van der Waals surface area (Å²) >= 11 is 1.82. The Balaban J connectivity index is 1.85. The summed E-state index contributed by atoms with van der Waals surface area (Å²) in [6, 6.07) is 17.0. The van der Waals surface area contributed by atoms with E-state index in [1.807, 2.05) is 17.4 Å². The lowest BCUT2D eigenvalue weighted by Crippen LogP contribution is -1.97. The molecule has 2 aromatic carbocycles. The smallest absolute Gasteiger partial charge is 0.0415 e. The van der Waals surface area contributed by atoms with Crippen LogP contribution in [0.4, 0.5) is 5.69 Å². The van der Waals surface area contributed by atoms with E-state index < -0.39 is 0 Å². The highest BCUT2D eigenvalue weighted by molar-refractivity contribution is 7.17. The number of aryl methyl sites for hydroxylation is 1. The molecule has 0 spiro atoms. The fourth-order valence-corrected chi connectivity index (χ4v) is 3.03. The SMILES string of the molecule is Cc1ccc2scc(CNc3ccccc3)c2c1. The van der Waals surface area contributed by atoms with Gasteiger partial charge in [-0.2, -0.15) is 0 Å². The molecule has 0 saturated carbocycles. The zero-order valence-electron chi connectivity index (χ0n) is 10.3. The van der Waals surface area contributed by atoms with E-state index in [0.29, 0.717) is 0 Å². The molecule has 3 aromatic rings. The van der Waals surface area contributed by atoms with Crippen molar-refractivity contribution in [3.63, 3.8) is 0 Å². The van der Waals surface area contributed by atoms with Crippen molar-refractivity contribution in [1.29, 1.82) is 0 Å². The molecule has 0 aliphatic rings. The number of thiophene rings is 1. The van der Waals surface area contributed by atoms with E-state index >= 15 is 0 Å². The van der Waals surface area contributed by atoms with Crippen LogP contribution in [0.15, 0.2) is 53.9 Å². The number of hydrogen-bond donors (Lipinski definition) is 1. The fourth-order valence-electron chi connectivity index (χ4n) is 2.09. The molecule has 1 aromatic heterocycles. The molecule has 2 heteroatoms. The van der Waals surface area contributed by atoms with E-state index in [4.69, 9.17) is 0 Å². The lowest BCUT2D eigenvalue weighted by atomic mass is 10.1. The van der Waals surface area contributed by atoms with Gasteiger partial charge in [0.15, 0.2) is 0 Å². The Morgan fingerprint density at radius 1 is 1.06 bits per heavy atom. The van der Waals surface area contributed by atoms with E-state index in [-0.39, 0.29) is 0 Å². The summed E-state index contributed by atoms with van der Waals surface area (Å²) in [5.41, 5.74) is 3.87. The standard InChI is InChI=1S/C16H15NS/c1-12-7-8-16-15(9-12)13(11-18-16)10-17-14-5-3-2-4-6-14/h2-9,11,17H,10H2,1H3. The van der Waals surface area contributed by atoms with Gasteiger partial charge in [0.1, 0.15) is 0 Å². The van der Waals surface area contributed by atoms with E-state index in [1.54, 1.807) is 0 Å². The molecular formula is C16H15NS. The average Bonchev–Trinajstić information content (AvgIpc) is 2.80. The van der Waals surface area contributed by atoms with Crippen molar-refractivity contribution in [3.05, 3.63) is 65.0 Å². The summed E-state index contributed by atoms with van der Waals surface area (Å²) in [6.45, 7) is 3.03. The van der Waals surface area contributed by atoms with Crippen LogP contribution in [0.25, 0.3) is 10.1 Å². The van der Waals surface area contributed by atoms with Crippen molar-refractivity contribution in [2.24, 2.45) is 0 Å². The molecule has 0 bridgehead atoms. The van der Waals surface area contributed by atoms with Crippen LogP contribution in [0.2, 0.25) is 0 Å². The van der Waals surface area contributed by atoms with Crippen molar-refractivity contribution in [2.45, 2.75) is 13.5 Å². The van der Waals surface area contributed by atoms with Gasteiger partial charge in [-0.15, -0.1) is 11.3 Å². The Morgan fingerprint density at radius 2 is 1.89 bits per heavy atom. The lowest BCUT2D eigenvalue weighted by molar-refractivity contribution is 1.18. The maximum atomic E-state index is 3.47. The summed E-state index contributed by atoms with van der Waals surface area (Å²) in [5.74, 6) is 0. The first-order chi connectivity index (χ1) is 8.83. The van der Waals surface area contributed by atoms with Crippen LogP contribution in [0.1, 0.15) is 11.1 Å². The first-order valence-electron chi connectivity index (χ1n) is 6.08. The Kier molecular flexibility index (Phi) is 3.03. The van der Waals surface area contributed by atoms with Gasteiger partial charge in [0, 0.05) is 16.9 Å². The predicted octanol–water partition coefficient (Wildman–Crippen LogP) is 4.82. The molecule has 1 nitrogen and oxygen atoms in total. The van der Waals surface area contributed by atoms with Crippen LogP contribution < -0.4 is 5.32 Å². The largest absolute Gasteiger partial charge is 0.381 e. The third-order valence-corrected chi connectivity index (χ3v) is 4.08. The van der Waals surface area contributed by atoms with Gasteiger partial charge < -0.3 is 5.32 Å². The average molecular weight is 253 g/mol. The topological polar surface area (TPSA) is 12.0 Å². The van der Waals surface area contributed by atoms with E-state index in [2.05, 4.69) is 60.1 Å². The Morgan fingerprint density at radius 3 is 2.72 bits per heavy atom. The van der Waals surface area contributed by atoms with Crippen LogP contribution in [0.3, 0.4) is 0 Å². The molecule has 1 N–H and O–H groups in total. The van der Waals surface area contributed by atoms with Gasteiger partial charge in [-0.25, -0.2) is 0 Å². The monoisotopic (exact) mass is 253 g/mol. The molecule has 0 aliphatic heterocycles. The summed E-state index contributed by atoms with van der Waals surface area (Å²) in [6.07, 6.45) is 0. The van der Waals surface area contributed by atoms with Gasteiger partial charge in [-0.3, -0.25) is 0 Å². The van der Waals surface area contributed by atoms with Crippen molar-refractivity contribution in [3.8, 4) is 0 Å². The molecule has 0 amide bonds. The number of anilines is 1. The van der Waals surface area contributed by atoms with Gasteiger partial charge in [0.05, 0.1) is 0 Å². The van der Waals surface area contributed by atoms with Crippen LogP contribution in [-0.4, -0.2) is 0 Å². The second-order valence-electron chi connectivity index (χ2n) is 4.48. The maximum absolute atomic E-state index is 3.47. The number of hydrogen-bond acceptors (Lipinski definition) is 2. The molecule has 0 aliphatic carbocycles. The molecule has 1 heterocycles. The minimum absolute atomic E-state index is 0.882. The summed E-state index contributed by atoms with van der Waals surface area (Å²) in [4.78, 5) is 0. The predicted molar refractivity (Wildman–Crippen MR) is 80.3 cm³/mol. The van der Waals surface area contributed by atoms with Gasteiger partial charge in [0.2, 0.25) is 0 Å². The Labute approximate surface area is 111 Å². The normalized spacial score (nSPS) is 10.7. The number of rotatable bonds is 3. The zero-order valence-corrected chi connectivity index (χ0v) is 11.1. The summed E-state index contributed by atoms with van der Waals surface area (Å²) in [5, 5.41) is 7.09. The minimum atomic E-state index is 0.882. The fraction of sp³-hybridized carbons (Fsp3) is 0.125. The highest BCUT2D eigenvalue weighted by Gasteiger charge is 2.03. The number of para-hydroxylation sites is 1. The van der Waals surface area contributed by atoms with Gasteiger partial charge in [0.25, 0.3) is 0 Å². The van der Waals surface area contributed by atoms with Gasteiger partial charge >= 0.3 is 0 Å². The summed E-state index contributed by atoms with van der Waals surface area (Å²) in [7, 11) is 0. The lowest BCUT2D eigenvalue weighted by Gasteiger charge is -2.05. The van der Waals surface area contributed by atoms with Gasteiger partial charge in [-0.05, 0) is 41.5 Å². The molecule has 0 atom stereocenters.